The first-order valence-corrected chi connectivity index (χ1v) is 9.37. The van der Waals surface area contributed by atoms with Crippen LogP contribution in [0.1, 0.15) is 49.5 Å². The average molecular weight is 355 g/mol. The average Bonchev–Trinajstić information content (AvgIpc) is 2.54. The van der Waals surface area contributed by atoms with Crippen molar-refractivity contribution >= 4 is 22.6 Å². The van der Waals surface area contributed by atoms with E-state index >= 15 is 0 Å². The minimum absolute atomic E-state index is 0.137. The number of aromatic carboxylic acids is 1. The topological polar surface area (TPSA) is 74.6 Å². The van der Waals surface area contributed by atoms with Crippen molar-refractivity contribution in [3.05, 3.63) is 40.2 Å². The number of nitrogens with one attached hydrogen (secondary N) is 1. The van der Waals surface area contributed by atoms with E-state index in [0.29, 0.717) is 17.5 Å². The van der Waals surface area contributed by atoms with Gasteiger partial charge in [0.1, 0.15) is 5.56 Å². The largest absolute Gasteiger partial charge is 0.477 e. The summed E-state index contributed by atoms with van der Waals surface area (Å²) in [6.45, 7) is 6.17. The third-order valence-electron chi connectivity index (χ3n) is 5.64. The fourth-order valence-corrected chi connectivity index (χ4v) is 4.19. The van der Waals surface area contributed by atoms with Crippen LogP contribution in [-0.4, -0.2) is 40.8 Å². The Bertz CT molecular complexity index is 906. The standard InChI is InChI=1S/C20H25N3O3/c1-12-9-22(10-13(2)21-12)15-6-7-16-18(8-15)23(14-4-3-5-14)11-17(19(16)24)20(25)26/h6-8,11-14,21H,3-5,9-10H2,1-2H3,(H,25,26). The molecule has 138 valence electrons. The van der Waals surface area contributed by atoms with E-state index in [1.165, 1.54) is 0 Å². The van der Waals surface area contributed by atoms with E-state index < -0.39 is 11.4 Å². The predicted molar refractivity (Wildman–Crippen MR) is 102 cm³/mol. The zero-order valence-electron chi connectivity index (χ0n) is 15.2. The molecule has 0 bridgehead atoms. The maximum Gasteiger partial charge on any atom is 0.341 e. The van der Waals surface area contributed by atoms with Gasteiger partial charge < -0.3 is 19.9 Å². The quantitative estimate of drug-likeness (QED) is 0.885. The summed E-state index contributed by atoms with van der Waals surface area (Å²) in [5.41, 5.74) is 1.41. The van der Waals surface area contributed by atoms with Gasteiger partial charge in [0, 0.05) is 48.5 Å². The minimum Gasteiger partial charge on any atom is -0.477 e. The highest BCUT2D eigenvalue weighted by atomic mass is 16.4. The number of carbonyl (C=O) groups is 1. The fourth-order valence-electron chi connectivity index (χ4n) is 4.19. The number of hydrogen-bond acceptors (Lipinski definition) is 4. The Morgan fingerprint density at radius 2 is 1.88 bits per heavy atom. The van der Waals surface area contributed by atoms with Gasteiger partial charge in [-0.05, 0) is 51.3 Å². The number of benzene rings is 1. The van der Waals surface area contributed by atoms with Gasteiger partial charge in [-0.3, -0.25) is 4.79 Å². The van der Waals surface area contributed by atoms with Gasteiger partial charge >= 0.3 is 5.97 Å². The first kappa shape index (κ1) is 17.1. The van der Waals surface area contributed by atoms with Gasteiger partial charge in [0.15, 0.2) is 0 Å². The molecule has 6 heteroatoms. The van der Waals surface area contributed by atoms with E-state index in [0.717, 1.165) is 43.6 Å². The number of aromatic nitrogens is 1. The summed E-state index contributed by atoms with van der Waals surface area (Å²) in [6, 6.07) is 6.89. The molecule has 2 N–H and O–H groups in total. The summed E-state index contributed by atoms with van der Waals surface area (Å²) in [5, 5.41) is 13.4. The van der Waals surface area contributed by atoms with Crippen LogP contribution < -0.4 is 15.6 Å². The Morgan fingerprint density at radius 3 is 2.46 bits per heavy atom. The van der Waals surface area contributed by atoms with Crippen molar-refractivity contribution in [2.45, 2.75) is 51.2 Å². The van der Waals surface area contributed by atoms with Crippen molar-refractivity contribution in [3.63, 3.8) is 0 Å². The van der Waals surface area contributed by atoms with Crippen molar-refractivity contribution in [1.82, 2.24) is 9.88 Å². The van der Waals surface area contributed by atoms with Gasteiger partial charge in [-0.15, -0.1) is 0 Å². The number of hydrogen-bond donors (Lipinski definition) is 2. The van der Waals surface area contributed by atoms with Crippen molar-refractivity contribution in [3.8, 4) is 0 Å². The van der Waals surface area contributed by atoms with Gasteiger partial charge in [-0.2, -0.15) is 0 Å². The van der Waals surface area contributed by atoms with Crippen LogP contribution in [-0.2, 0) is 0 Å². The first-order valence-electron chi connectivity index (χ1n) is 9.37. The SMILES string of the molecule is CC1CN(c2ccc3c(=O)c(C(=O)O)cn(C4CCC4)c3c2)CC(C)N1. The summed E-state index contributed by atoms with van der Waals surface area (Å²) < 4.78 is 2.02. The number of carboxylic acid groups (broad SMARTS) is 1. The molecule has 26 heavy (non-hydrogen) atoms. The number of rotatable bonds is 3. The van der Waals surface area contributed by atoms with Crippen LogP contribution in [0.4, 0.5) is 5.69 Å². The van der Waals surface area contributed by atoms with Crippen LogP contribution >= 0.6 is 0 Å². The van der Waals surface area contributed by atoms with Gasteiger partial charge in [0.2, 0.25) is 5.43 Å². The molecule has 1 aliphatic carbocycles. The van der Waals surface area contributed by atoms with Crippen molar-refractivity contribution in [1.29, 1.82) is 0 Å². The van der Waals surface area contributed by atoms with E-state index in [-0.39, 0.29) is 11.6 Å². The molecule has 2 aliphatic rings. The molecule has 2 fully saturated rings. The molecule has 1 aromatic carbocycles. The molecule has 1 saturated carbocycles. The number of carboxylic acids is 1. The van der Waals surface area contributed by atoms with Crippen LogP contribution in [0.15, 0.2) is 29.2 Å². The van der Waals surface area contributed by atoms with Gasteiger partial charge in [-0.25, -0.2) is 4.79 Å². The van der Waals surface area contributed by atoms with E-state index in [1.54, 1.807) is 12.3 Å². The number of anilines is 1. The second-order valence-electron chi connectivity index (χ2n) is 7.74. The highest BCUT2D eigenvalue weighted by Gasteiger charge is 2.25. The molecular formula is C20H25N3O3. The smallest absolute Gasteiger partial charge is 0.341 e. The van der Waals surface area contributed by atoms with E-state index in [1.807, 2.05) is 10.6 Å². The molecule has 2 unspecified atom stereocenters. The summed E-state index contributed by atoms with van der Waals surface area (Å²) in [5.74, 6) is -1.15. The van der Waals surface area contributed by atoms with Crippen LogP contribution in [0.25, 0.3) is 10.9 Å². The molecule has 1 saturated heterocycles. The summed E-state index contributed by atoms with van der Waals surface area (Å²) in [7, 11) is 0. The van der Waals surface area contributed by atoms with Crippen molar-refractivity contribution < 1.29 is 9.90 Å². The number of piperazine rings is 1. The molecule has 0 amide bonds. The lowest BCUT2D eigenvalue weighted by Crippen LogP contribution is -2.54. The molecule has 2 heterocycles. The maximum atomic E-state index is 12.6. The number of pyridine rings is 1. The molecular weight excluding hydrogens is 330 g/mol. The Labute approximate surface area is 152 Å². The molecule has 1 aliphatic heterocycles. The lowest BCUT2D eigenvalue weighted by molar-refractivity contribution is 0.0694. The molecule has 0 spiro atoms. The van der Waals surface area contributed by atoms with E-state index in [2.05, 4.69) is 30.1 Å². The lowest BCUT2D eigenvalue weighted by atomic mass is 9.92. The monoisotopic (exact) mass is 355 g/mol. The van der Waals surface area contributed by atoms with Gasteiger partial charge in [-0.1, -0.05) is 0 Å². The Balaban J connectivity index is 1.85. The summed E-state index contributed by atoms with van der Waals surface area (Å²) in [6.07, 6.45) is 4.75. The Kier molecular flexibility index (Phi) is 4.23. The first-order chi connectivity index (χ1) is 12.4. The highest BCUT2D eigenvalue weighted by molar-refractivity contribution is 5.93. The highest BCUT2D eigenvalue weighted by Crippen LogP contribution is 2.34. The third-order valence-corrected chi connectivity index (χ3v) is 5.64. The van der Waals surface area contributed by atoms with Gasteiger partial charge in [0.25, 0.3) is 0 Å². The Morgan fingerprint density at radius 1 is 1.19 bits per heavy atom. The van der Waals surface area contributed by atoms with Crippen molar-refractivity contribution in [2.75, 3.05) is 18.0 Å². The number of nitrogens with zero attached hydrogens (tertiary/aromatic N) is 2. The van der Waals surface area contributed by atoms with E-state index in [4.69, 9.17) is 0 Å². The fraction of sp³-hybridized carbons (Fsp3) is 0.500. The summed E-state index contributed by atoms with van der Waals surface area (Å²) >= 11 is 0. The number of fused-ring (bicyclic) bond motifs is 1. The van der Waals surface area contributed by atoms with Crippen molar-refractivity contribution in [2.24, 2.45) is 0 Å². The van der Waals surface area contributed by atoms with Crippen LogP contribution in [0.5, 0.6) is 0 Å². The lowest BCUT2D eigenvalue weighted by Gasteiger charge is -2.38. The van der Waals surface area contributed by atoms with E-state index in [9.17, 15) is 14.7 Å². The van der Waals surface area contributed by atoms with Crippen LogP contribution in [0.2, 0.25) is 0 Å². The van der Waals surface area contributed by atoms with Gasteiger partial charge in [0.05, 0.1) is 5.52 Å². The van der Waals surface area contributed by atoms with Crippen LogP contribution in [0, 0.1) is 0 Å². The Hall–Kier alpha value is -2.34. The molecule has 0 radical (unpaired) electrons. The second kappa shape index (κ2) is 6.43. The zero-order valence-corrected chi connectivity index (χ0v) is 15.2. The molecule has 2 atom stereocenters. The zero-order chi connectivity index (χ0) is 18.4. The normalized spacial score (nSPS) is 23.8. The third kappa shape index (κ3) is 2.88. The molecule has 2 aromatic rings. The maximum absolute atomic E-state index is 12.6. The molecule has 6 nitrogen and oxygen atoms in total. The minimum atomic E-state index is -1.15. The molecule has 4 rings (SSSR count). The second-order valence-corrected chi connectivity index (χ2v) is 7.74. The van der Waals surface area contributed by atoms with Crippen LogP contribution in [0.3, 0.4) is 0 Å². The predicted octanol–water partition coefficient (Wildman–Crippen LogP) is 2.61. The molecule has 1 aromatic heterocycles. The summed E-state index contributed by atoms with van der Waals surface area (Å²) in [4.78, 5) is 26.5.